The highest BCUT2D eigenvalue weighted by Crippen LogP contribution is 2.30. The van der Waals surface area contributed by atoms with E-state index >= 15 is 0 Å². The lowest BCUT2D eigenvalue weighted by molar-refractivity contribution is -0.137. The van der Waals surface area contributed by atoms with Crippen molar-refractivity contribution in [3.8, 4) is 0 Å². The summed E-state index contributed by atoms with van der Waals surface area (Å²) in [6, 6.07) is 10.7. The van der Waals surface area contributed by atoms with Gasteiger partial charge in [0.05, 0.1) is 12.1 Å². The van der Waals surface area contributed by atoms with E-state index in [1.807, 2.05) is 0 Å². The van der Waals surface area contributed by atoms with Crippen LogP contribution in [0.5, 0.6) is 0 Å². The molecule has 132 valence electrons. The third-order valence-electron chi connectivity index (χ3n) is 3.30. The second-order valence-electron chi connectivity index (χ2n) is 5.14. The van der Waals surface area contributed by atoms with E-state index in [-0.39, 0.29) is 23.7 Å². The Labute approximate surface area is 142 Å². The summed E-state index contributed by atoms with van der Waals surface area (Å²) in [5.74, 6) is -0.776. The Morgan fingerprint density at radius 1 is 1.00 bits per heavy atom. The van der Waals surface area contributed by atoms with Gasteiger partial charge in [0.2, 0.25) is 5.91 Å². The fraction of sp³-hybridized carbons (Fsp3) is 0.176. The first-order chi connectivity index (χ1) is 11.8. The van der Waals surface area contributed by atoms with Gasteiger partial charge in [0, 0.05) is 24.0 Å². The van der Waals surface area contributed by atoms with Crippen molar-refractivity contribution in [2.75, 3.05) is 24.2 Å². The van der Waals surface area contributed by atoms with Crippen LogP contribution < -0.4 is 16.0 Å². The van der Waals surface area contributed by atoms with Crippen molar-refractivity contribution in [1.29, 1.82) is 0 Å². The van der Waals surface area contributed by atoms with Gasteiger partial charge in [0.15, 0.2) is 0 Å². The van der Waals surface area contributed by atoms with Crippen LogP contribution in [-0.4, -0.2) is 25.4 Å². The lowest BCUT2D eigenvalue weighted by atomic mass is 10.1. The second-order valence-corrected chi connectivity index (χ2v) is 5.14. The third-order valence-corrected chi connectivity index (χ3v) is 3.30. The molecule has 0 aromatic heterocycles. The van der Waals surface area contributed by atoms with Gasteiger partial charge in [-0.05, 0) is 36.4 Å². The first-order valence-electron chi connectivity index (χ1n) is 7.33. The molecule has 0 bridgehead atoms. The van der Waals surface area contributed by atoms with Crippen LogP contribution in [0.1, 0.15) is 15.9 Å². The SMILES string of the molecule is CNC(=O)CNc1cccc(C(=O)Nc2cccc(C(F)(F)F)c2)c1. The Morgan fingerprint density at radius 2 is 1.68 bits per heavy atom. The largest absolute Gasteiger partial charge is 0.416 e. The minimum absolute atomic E-state index is 0.0369. The summed E-state index contributed by atoms with van der Waals surface area (Å²) in [5.41, 5.74) is -0.00514. The average molecular weight is 351 g/mol. The van der Waals surface area contributed by atoms with Crippen LogP contribution in [0.25, 0.3) is 0 Å². The molecule has 2 rings (SSSR count). The Kier molecular flexibility index (Phi) is 5.63. The van der Waals surface area contributed by atoms with E-state index in [0.29, 0.717) is 5.69 Å². The van der Waals surface area contributed by atoms with E-state index in [2.05, 4.69) is 16.0 Å². The molecule has 2 aromatic carbocycles. The Morgan fingerprint density at radius 3 is 2.36 bits per heavy atom. The zero-order valence-corrected chi connectivity index (χ0v) is 13.3. The minimum Gasteiger partial charge on any atom is -0.376 e. The summed E-state index contributed by atoms with van der Waals surface area (Å²) in [4.78, 5) is 23.4. The number of amides is 2. The number of alkyl halides is 3. The fourth-order valence-corrected chi connectivity index (χ4v) is 2.02. The molecule has 0 fully saturated rings. The predicted molar refractivity (Wildman–Crippen MR) is 88.4 cm³/mol. The van der Waals surface area contributed by atoms with Gasteiger partial charge in [0.25, 0.3) is 5.91 Å². The number of benzene rings is 2. The number of hydrogen-bond donors (Lipinski definition) is 3. The van der Waals surface area contributed by atoms with Crippen molar-refractivity contribution in [2.24, 2.45) is 0 Å². The first-order valence-corrected chi connectivity index (χ1v) is 7.33. The van der Waals surface area contributed by atoms with Crippen molar-refractivity contribution >= 4 is 23.2 Å². The van der Waals surface area contributed by atoms with E-state index in [1.54, 1.807) is 12.1 Å². The second kappa shape index (κ2) is 7.69. The van der Waals surface area contributed by atoms with E-state index in [1.165, 1.54) is 31.3 Å². The van der Waals surface area contributed by atoms with Gasteiger partial charge < -0.3 is 16.0 Å². The zero-order chi connectivity index (χ0) is 18.4. The molecule has 0 saturated carbocycles. The van der Waals surface area contributed by atoms with Gasteiger partial charge >= 0.3 is 6.18 Å². The van der Waals surface area contributed by atoms with E-state index in [0.717, 1.165) is 12.1 Å². The Balaban J connectivity index is 2.10. The molecule has 8 heteroatoms. The Hall–Kier alpha value is -3.03. The highest BCUT2D eigenvalue weighted by molar-refractivity contribution is 6.04. The minimum atomic E-state index is -4.48. The number of halogens is 3. The molecule has 25 heavy (non-hydrogen) atoms. The van der Waals surface area contributed by atoms with Gasteiger partial charge in [-0.3, -0.25) is 9.59 Å². The van der Waals surface area contributed by atoms with Crippen LogP contribution in [0.15, 0.2) is 48.5 Å². The number of hydrogen-bond acceptors (Lipinski definition) is 3. The van der Waals surface area contributed by atoms with Crippen LogP contribution in [0.2, 0.25) is 0 Å². The molecule has 2 amide bonds. The quantitative estimate of drug-likeness (QED) is 0.775. The third kappa shape index (κ3) is 5.23. The molecule has 2 aromatic rings. The number of anilines is 2. The standard InChI is InChI=1S/C17H16F3N3O2/c1-21-15(24)10-22-13-6-2-4-11(8-13)16(25)23-14-7-3-5-12(9-14)17(18,19)20/h2-9,22H,10H2,1H3,(H,21,24)(H,23,25). The molecule has 0 saturated heterocycles. The summed E-state index contributed by atoms with van der Waals surface area (Å²) in [6.45, 7) is 0.0369. The van der Waals surface area contributed by atoms with Crippen molar-refractivity contribution in [3.05, 3.63) is 59.7 Å². The van der Waals surface area contributed by atoms with Crippen molar-refractivity contribution in [3.63, 3.8) is 0 Å². The van der Waals surface area contributed by atoms with E-state index in [9.17, 15) is 22.8 Å². The van der Waals surface area contributed by atoms with Crippen molar-refractivity contribution < 1.29 is 22.8 Å². The molecule has 3 N–H and O–H groups in total. The molecular formula is C17H16F3N3O2. The van der Waals surface area contributed by atoms with Crippen molar-refractivity contribution in [2.45, 2.75) is 6.18 Å². The lowest BCUT2D eigenvalue weighted by Gasteiger charge is -2.11. The van der Waals surface area contributed by atoms with E-state index in [4.69, 9.17) is 0 Å². The maximum absolute atomic E-state index is 12.7. The highest BCUT2D eigenvalue weighted by Gasteiger charge is 2.30. The Bertz CT molecular complexity index is 776. The topological polar surface area (TPSA) is 70.2 Å². The lowest BCUT2D eigenvalue weighted by Crippen LogP contribution is -2.26. The zero-order valence-electron chi connectivity index (χ0n) is 13.3. The number of nitrogens with one attached hydrogen (secondary N) is 3. The van der Waals surface area contributed by atoms with Crippen LogP contribution >= 0.6 is 0 Å². The maximum Gasteiger partial charge on any atom is 0.416 e. The average Bonchev–Trinajstić information content (AvgIpc) is 2.59. The smallest absolute Gasteiger partial charge is 0.376 e. The molecule has 0 spiro atoms. The summed E-state index contributed by atoms with van der Waals surface area (Å²) >= 11 is 0. The molecule has 0 heterocycles. The predicted octanol–water partition coefficient (Wildman–Crippen LogP) is 3.12. The number of rotatable bonds is 5. The van der Waals surface area contributed by atoms with Crippen LogP contribution in [-0.2, 0) is 11.0 Å². The van der Waals surface area contributed by atoms with Gasteiger partial charge in [-0.2, -0.15) is 13.2 Å². The molecular weight excluding hydrogens is 335 g/mol. The molecule has 0 aliphatic carbocycles. The molecule has 0 unspecified atom stereocenters. The monoisotopic (exact) mass is 351 g/mol. The van der Waals surface area contributed by atoms with Crippen LogP contribution in [0, 0.1) is 0 Å². The summed E-state index contributed by atoms with van der Waals surface area (Å²) in [6.07, 6.45) is -4.48. The van der Waals surface area contributed by atoms with Gasteiger partial charge in [-0.25, -0.2) is 0 Å². The fourth-order valence-electron chi connectivity index (χ4n) is 2.02. The molecule has 0 aliphatic heterocycles. The van der Waals surface area contributed by atoms with Crippen molar-refractivity contribution in [1.82, 2.24) is 5.32 Å². The molecule has 0 radical (unpaired) electrons. The van der Waals surface area contributed by atoms with E-state index < -0.39 is 17.6 Å². The number of carbonyl (C=O) groups excluding carboxylic acids is 2. The van der Waals surface area contributed by atoms with Gasteiger partial charge in [-0.1, -0.05) is 12.1 Å². The highest BCUT2D eigenvalue weighted by atomic mass is 19.4. The van der Waals surface area contributed by atoms with Crippen LogP contribution in [0.3, 0.4) is 0 Å². The number of carbonyl (C=O) groups is 2. The van der Waals surface area contributed by atoms with Crippen LogP contribution in [0.4, 0.5) is 24.5 Å². The maximum atomic E-state index is 12.7. The molecule has 0 aliphatic rings. The molecule has 0 atom stereocenters. The normalized spacial score (nSPS) is 10.9. The van der Waals surface area contributed by atoms with Gasteiger partial charge in [0.1, 0.15) is 0 Å². The molecule has 5 nitrogen and oxygen atoms in total. The summed E-state index contributed by atoms with van der Waals surface area (Å²) in [7, 11) is 1.50. The number of likely N-dealkylation sites (N-methyl/N-ethyl adjacent to an activating group) is 1. The summed E-state index contributed by atoms with van der Waals surface area (Å²) in [5, 5.41) is 7.72. The summed E-state index contributed by atoms with van der Waals surface area (Å²) < 4.78 is 38.1. The first kappa shape index (κ1) is 18.3. The van der Waals surface area contributed by atoms with Gasteiger partial charge in [-0.15, -0.1) is 0 Å².